The lowest BCUT2D eigenvalue weighted by atomic mass is 9.97. The number of benzene rings is 1. The van der Waals surface area contributed by atoms with Crippen LogP contribution in [-0.2, 0) is 24.4 Å². The lowest BCUT2D eigenvalue weighted by molar-refractivity contribution is -0.123. The summed E-state index contributed by atoms with van der Waals surface area (Å²) in [5.74, 6) is 0.632. The van der Waals surface area contributed by atoms with Gasteiger partial charge in [-0.2, -0.15) is 0 Å². The molecule has 1 aromatic carbocycles. The molecule has 1 aliphatic rings. The number of rotatable bonds is 8. The van der Waals surface area contributed by atoms with Crippen molar-refractivity contribution in [2.75, 3.05) is 19.6 Å². The number of guanidine groups is 1. The van der Waals surface area contributed by atoms with Crippen LogP contribution in [0.5, 0.6) is 0 Å². The van der Waals surface area contributed by atoms with Crippen molar-refractivity contribution in [3.63, 3.8) is 0 Å². The molecular formula is C23H33N5OS. The second kappa shape index (κ2) is 11.1. The van der Waals surface area contributed by atoms with Gasteiger partial charge in [-0.25, -0.2) is 4.99 Å². The maximum Gasteiger partial charge on any atom is 0.221 e. The average Bonchev–Trinajstić information content (AvgIpc) is 3.15. The number of aryl methyl sites for hydroxylation is 1. The average molecular weight is 428 g/mol. The van der Waals surface area contributed by atoms with Gasteiger partial charge in [0.1, 0.15) is 0 Å². The number of hydrogen-bond donors (Lipinski definition) is 3. The first-order valence-electron chi connectivity index (χ1n) is 10.7. The summed E-state index contributed by atoms with van der Waals surface area (Å²) in [4.78, 5) is 19.9. The van der Waals surface area contributed by atoms with Crippen LogP contribution in [0.2, 0.25) is 0 Å². The standard InChI is InChI=1S/C23H33N5OS/c1-3-25-23(27-14-21-17(2)9-11-30-21)26-13-18-6-4-7-19(12-18)15-28-10-5-8-20(16-28)22(24)29/h4,6-7,9,11-12,20H,3,5,8,10,13-16H2,1-2H3,(H2,24,29)(H2,25,26,27). The monoisotopic (exact) mass is 427 g/mol. The van der Waals surface area contributed by atoms with Crippen LogP contribution in [0, 0.1) is 12.8 Å². The number of nitrogens with one attached hydrogen (secondary N) is 2. The van der Waals surface area contributed by atoms with Gasteiger partial charge in [0.15, 0.2) is 5.96 Å². The lowest BCUT2D eigenvalue weighted by Gasteiger charge is -2.31. The number of nitrogens with two attached hydrogens (primary N) is 1. The molecule has 0 radical (unpaired) electrons. The Morgan fingerprint density at radius 3 is 2.87 bits per heavy atom. The summed E-state index contributed by atoms with van der Waals surface area (Å²) in [5.41, 5.74) is 9.25. The van der Waals surface area contributed by atoms with Gasteiger partial charge in [-0.15, -0.1) is 11.3 Å². The number of piperidine rings is 1. The second-order valence-electron chi connectivity index (χ2n) is 7.87. The molecule has 1 aromatic heterocycles. The third kappa shape index (κ3) is 6.57. The third-order valence-electron chi connectivity index (χ3n) is 5.45. The molecule has 4 N–H and O–H groups in total. The Hall–Kier alpha value is -2.38. The van der Waals surface area contributed by atoms with Gasteiger partial charge in [-0.3, -0.25) is 9.69 Å². The Labute approximate surface area is 183 Å². The van der Waals surface area contributed by atoms with E-state index >= 15 is 0 Å². The largest absolute Gasteiger partial charge is 0.369 e. The summed E-state index contributed by atoms with van der Waals surface area (Å²) < 4.78 is 0. The minimum Gasteiger partial charge on any atom is -0.369 e. The Bertz CT molecular complexity index is 863. The highest BCUT2D eigenvalue weighted by molar-refractivity contribution is 7.10. The molecule has 162 valence electrons. The van der Waals surface area contributed by atoms with E-state index in [0.717, 1.165) is 51.5 Å². The molecule has 1 saturated heterocycles. The van der Waals surface area contributed by atoms with Crippen LogP contribution in [0.1, 0.15) is 41.3 Å². The molecule has 3 rings (SSSR count). The van der Waals surface area contributed by atoms with Gasteiger partial charge in [0, 0.05) is 24.5 Å². The van der Waals surface area contributed by atoms with Crippen LogP contribution in [-0.4, -0.2) is 36.4 Å². The molecule has 6 nitrogen and oxygen atoms in total. The third-order valence-corrected chi connectivity index (χ3v) is 6.48. The smallest absolute Gasteiger partial charge is 0.221 e. The highest BCUT2D eigenvalue weighted by Gasteiger charge is 2.23. The first kappa shape index (κ1) is 22.3. The van der Waals surface area contributed by atoms with Crippen molar-refractivity contribution in [3.8, 4) is 0 Å². The van der Waals surface area contributed by atoms with Gasteiger partial charge in [-0.1, -0.05) is 24.3 Å². The van der Waals surface area contributed by atoms with Crippen LogP contribution in [0.3, 0.4) is 0 Å². The van der Waals surface area contributed by atoms with Crippen molar-refractivity contribution in [1.29, 1.82) is 0 Å². The first-order valence-corrected chi connectivity index (χ1v) is 11.6. The van der Waals surface area contributed by atoms with E-state index in [9.17, 15) is 4.79 Å². The number of carbonyl (C=O) groups excluding carboxylic acids is 1. The Morgan fingerprint density at radius 1 is 1.30 bits per heavy atom. The molecule has 0 aliphatic carbocycles. The summed E-state index contributed by atoms with van der Waals surface area (Å²) in [6, 6.07) is 10.7. The molecule has 1 atom stereocenters. The molecule has 2 heterocycles. The normalized spacial score (nSPS) is 17.7. The van der Waals surface area contributed by atoms with Crippen molar-refractivity contribution < 1.29 is 4.79 Å². The first-order chi connectivity index (χ1) is 14.5. The van der Waals surface area contributed by atoms with Crippen LogP contribution in [0.15, 0.2) is 40.7 Å². The molecule has 1 amide bonds. The van der Waals surface area contributed by atoms with Gasteiger partial charge < -0.3 is 16.4 Å². The SMILES string of the molecule is CCNC(=NCc1cccc(CN2CCCC(C(N)=O)C2)c1)NCc1sccc1C. The zero-order valence-electron chi connectivity index (χ0n) is 18.0. The molecule has 0 bridgehead atoms. The van der Waals surface area contributed by atoms with Crippen LogP contribution in [0.4, 0.5) is 0 Å². The molecule has 0 saturated carbocycles. The topological polar surface area (TPSA) is 82.8 Å². The number of amides is 1. The van der Waals surface area contributed by atoms with Crippen molar-refractivity contribution in [1.82, 2.24) is 15.5 Å². The number of nitrogens with zero attached hydrogens (tertiary/aromatic N) is 2. The van der Waals surface area contributed by atoms with Crippen LogP contribution < -0.4 is 16.4 Å². The summed E-state index contributed by atoms with van der Waals surface area (Å²) >= 11 is 1.77. The van der Waals surface area contributed by atoms with E-state index in [4.69, 9.17) is 10.7 Å². The maximum absolute atomic E-state index is 11.5. The van der Waals surface area contributed by atoms with E-state index in [-0.39, 0.29) is 11.8 Å². The van der Waals surface area contributed by atoms with Gasteiger partial charge in [-0.05, 0) is 61.4 Å². The minimum absolute atomic E-state index is 0.0211. The van der Waals surface area contributed by atoms with Crippen molar-refractivity contribution >= 4 is 23.2 Å². The van der Waals surface area contributed by atoms with Gasteiger partial charge in [0.05, 0.1) is 19.0 Å². The highest BCUT2D eigenvalue weighted by atomic mass is 32.1. The molecular weight excluding hydrogens is 394 g/mol. The molecule has 2 aromatic rings. The van der Waals surface area contributed by atoms with Gasteiger partial charge >= 0.3 is 0 Å². The van der Waals surface area contributed by atoms with E-state index in [1.807, 2.05) is 0 Å². The van der Waals surface area contributed by atoms with Crippen LogP contribution in [0.25, 0.3) is 0 Å². The molecule has 30 heavy (non-hydrogen) atoms. The van der Waals surface area contributed by atoms with Gasteiger partial charge in [0.2, 0.25) is 5.91 Å². The Morgan fingerprint density at radius 2 is 2.13 bits per heavy atom. The van der Waals surface area contributed by atoms with Crippen molar-refractivity contribution in [2.45, 2.75) is 46.3 Å². The van der Waals surface area contributed by atoms with E-state index in [1.54, 1.807) is 11.3 Å². The van der Waals surface area contributed by atoms with E-state index < -0.39 is 0 Å². The molecule has 1 aliphatic heterocycles. The summed E-state index contributed by atoms with van der Waals surface area (Å²) in [6.07, 6.45) is 1.94. The Balaban J connectivity index is 1.58. The Kier molecular flexibility index (Phi) is 8.28. The zero-order valence-corrected chi connectivity index (χ0v) is 18.8. The molecule has 1 unspecified atom stereocenters. The van der Waals surface area contributed by atoms with Crippen molar-refractivity contribution in [2.24, 2.45) is 16.6 Å². The number of likely N-dealkylation sites (tertiary alicyclic amines) is 1. The van der Waals surface area contributed by atoms with Gasteiger partial charge in [0.25, 0.3) is 0 Å². The summed E-state index contributed by atoms with van der Waals surface area (Å²) in [7, 11) is 0. The fourth-order valence-corrected chi connectivity index (χ4v) is 4.62. The maximum atomic E-state index is 11.5. The van der Waals surface area contributed by atoms with Crippen LogP contribution >= 0.6 is 11.3 Å². The zero-order chi connectivity index (χ0) is 21.3. The summed E-state index contributed by atoms with van der Waals surface area (Å²) in [5, 5.41) is 8.87. The molecule has 7 heteroatoms. The second-order valence-corrected chi connectivity index (χ2v) is 8.87. The molecule has 0 spiro atoms. The van der Waals surface area contributed by atoms with E-state index in [0.29, 0.717) is 6.54 Å². The quantitative estimate of drug-likeness (QED) is 0.447. The number of hydrogen-bond acceptors (Lipinski definition) is 4. The molecule has 1 fully saturated rings. The number of primary amides is 1. The highest BCUT2D eigenvalue weighted by Crippen LogP contribution is 2.19. The lowest BCUT2D eigenvalue weighted by Crippen LogP contribution is -2.40. The minimum atomic E-state index is -0.177. The number of thiophene rings is 1. The fourth-order valence-electron chi connectivity index (χ4n) is 3.78. The van der Waals surface area contributed by atoms with Crippen molar-refractivity contribution in [3.05, 3.63) is 57.3 Å². The number of carbonyl (C=O) groups is 1. The predicted molar refractivity (Wildman–Crippen MR) is 124 cm³/mol. The fraction of sp³-hybridized carbons (Fsp3) is 0.478. The van der Waals surface area contributed by atoms with E-state index in [2.05, 4.69) is 65.1 Å². The summed E-state index contributed by atoms with van der Waals surface area (Å²) in [6.45, 7) is 9.06. The predicted octanol–water partition coefficient (Wildman–Crippen LogP) is 3.01. The number of aliphatic imine (C=N–C) groups is 1. The van der Waals surface area contributed by atoms with E-state index in [1.165, 1.54) is 21.6 Å².